The lowest BCUT2D eigenvalue weighted by atomic mass is 10.2. The highest BCUT2D eigenvalue weighted by Gasteiger charge is 2.15. The summed E-state index contributed by atoms with van der Waals surface area (Å²) in [6, 6.07) is 13.0. The van der Waals surface area contributed by atoms with E-state index in [0.717, 1.165) is 10.9 Å². The van der Waals surface area contributed by atoms with Crippen LogP contribution in [0.15, 0.2) is 64.2 Å². The van der Waals surface area contributed by atoms with Gasteiger partial charge in [0.2, 0.25) is 0 Å². The predicted molar refractivity (Wildman–Crippen MR) is 116 cm³/mol. The summed E-state index contributed by atoms with van der Waals surface area (Å²) in [5.74, 6) is -0.979. The maximum absolute atomic E-state index is 12.4. The molecule has 0 bridgehead atoms. The molecule has 0 aliphatic heterocycles. The van der Waals surface area contributed by atoms with E-state index in [0.29, 0.717) is 23.1 Å². The van der Waals surface area contributed by atoms with E-state index in [9.17, 15) is 19.7 Å². The minimum atomic E-state index is -0.602. The molecular formula is C22H18N4O6. The molecule has 1 N–H and O–H groups in total. The summed E-state index contributed by atoms with van der Waals surface area (Å²) in [5, 5.41) is 16.2. The number of rotatable bonds is 7. The molecular weight excluding hydrogens is 416 g/mol. The molecule has 0 unspecified atom stereocenters. The number of carbonyl (C=O) groups excluding carboxylic acids is 2. The molecule has 0 aliphatic carbocycles. The molecule has 1 amide bonds. The van der Waals surface area contributed by atoms with E-state index in [1.54, 1.807) is 17.7 Å². The fraction of sp³-hybridized carbons (Fsp3) is 0.136. The number of non-ortho nitro benzene ring substituents is 1. The average Bonchev–Trinajstić information content (AvgIpc) is 3.35. The number of furan rings is 1. The Kier molecular flexibility index (Phi) is 5.67. The zero-order chi connectivity index (χ0) is 22.7. The molecule has 0 fully saturated rings. The van der Waals surface area contributed by atoms with Gasteiger partial charge in [-0.15, -0.1) is 0 Å². The van der Waals surface area contributed by atoms with Crippen LogP contribution in [0.1, 0.15) is 23.0 Å². The SMILES string of the molecule is CCOC(=O)Cn1cc(/C=N/NC(=O)c2cc3cc([N+](=O)[O-])ccc3o2)c2ccccc21. The van der Waals surface area contributed by atoms with Crippen LogP contribution in [0.3, 0.4) is 0 Å². The first-order valence-corrected chi connectivity index (χ1v) is 9.71. The second-order valence-corrected chi connectivity index (χ2v) is 6.82. The van der Waals surface area contributed by atoms with Crippen molar-refractivity contribution >= 4 is 45.7 Å². The Morgan fingerprint density at radius 1 is 1.25 bits per heavy atom. The number of amides is 1. The molecule has 2 aromatic heterocycles. The highest BCUT2D eigenvalue weighted by molar-refractivity contribution is 6.01. The molecule has 0 spiro atoms. The van der Waals surface area contributed by atoms with Gasteiger partial charge in [0.25, 0.3) is 5.69 Å². The van der Waals surface area contributed by atoms with Crippen molar-refractivity contribution in [2.45, 2.75) is 13.5 Å². The number of ether oxygens (including phenoxy) is 1. The Morgan fingerprint density at radius 3 is 2.84 bits per heavy atom. The maximum Gasteiger partial charge on any atom is 0.325 e. The monoisotopic (exact) mass is 434 g/mol. The third kappa shape index (κ3) is 4.19. The van der Waals surface area contributed by atoms with E-state index in [1.165, 1.54) is 30.5 Å². The fourth-order valence-corrected chi connectivity index (χ4v) is 3.33. The third-order valence-corrected chi connectivity index (χ3v) is 4.73. The number of esters is 1. The van der Waals surface area contributed by atoms with Gasteiger partial charge in [0, 0.05) is 40.2 Å². The fourth-order valence-electron chi connectivity index (χ4n) is 3.33. The van der Waals surface area contributed by atoms with Gasteiger partial charge in [-0.1, -0.05) is 18.2 Å². The largest absolute Gasteiger partial charge is 0.465 e. The number of fused-ring (bicyclic) bond motifs is 2. The number of carbonyl (C=O) groups is 2. The third-order valence-electron chi connectivity index (χ3n) is 4.73. The van der Waals surface area contributed by atoms with Crippen molar-refractivity contribution in [2.24, 2.45) is 5.10 Å². The lowest BCUT2D eigenvalue weighted by Crippen LogP contribution is -2.16. The molecule has 0 aliphatic rings. The van der Waals surface area contributed by atoms with Gasteiger partial charge in [-0.05, 0) is 25.1 Å². The number of aromatic nitrogens is 1. The van der Waals surface area contributed by atoms with E-state index in [4.69, 9.17) is 9.15 Å². The summed E-state index contributed by atoms with van der Waals surface area (Å²) in [6.45, 7) is 2.10. The lowest BCUT2D eigenvalue weighted by molar-refractivity contribution is -0.384. The topological polar surface area (TPSA) is 129 Å². The first-order valence-electron chi connectivity index (χ1n) is 9.71. The van der Waals surface area contributed by atoms with E-state index < -0.39 is 10.8 Å². The Balaban J connectivity index is 1.52. The van der Waals surface area contributed by atoms with Gasteiger partial charge in [0.1, 0.15) is 12.1 Å². The van der Waals surface area contributed by atoms with Crippen molar-refractivity contribution in [1.29, 1.82) is 0 Å². The maximum atomic E-state index is 12.4. The standard InChI is InChI=1S/C22H18N4O6/c1-2-31-21(27)13-25-12-15(17-5-3-4-6-18(17)25)11-23-24-22(28)20-10-14-9-16(26(29)30)7-8-19(14)32-20/h3-12H,2,13H2,1H3,(H,24,28)/b23-11+. The predicted octanol–water partition coefficient (Wildman–Crippen LogP) is 3.62. The first-order chi connectivity index (χ1) is 15.5. The van der Waals surface area contributed by atoms with Gasteiger partial charge in [0.05, 0.1) is 17.7 Å². The Hall–Kier alpha value is -4.47. The number of hydrazone groups is 1. The summed E-state index contributed by atoms with van der Waals surface area (Å²) in [7, 11) is 0. The van der Waals surface area contributed by atoms with Crippen LogP contribution >= 0.6 is 0 Å². The second kappa shape index (κ2) is 8.72. The van der Waals surface area contributed by atoms with Crippen molar-refractivity contribution in [3.63, 3.8) is 0 Å². The van der Waals surface area contributed by atoms with E-state index in [-0.39, 0.29) is 24.0 Å². The van der Waals surface area contributed by atoms with Crippen LogP contribution in [-0.4, -0.2) is 34.2 Å². The van der Waals surface area contributed by atoms with Crippen LogP contribution in [0, 0.1) is 10.1 Å². The second-order valence-electron chi connectivity index (χ2n) is 6.82. The van der Waals surface area contributed by atoms with Crippen LogP contribution in [0.5, 0.6) is 0 Å². The number of nitrogens with one attached hydrogen (secondary N) is 1. The van der Waals surface area contributed by atoms with E-state index >= 15 is 0 Å². The number of benzene rings is 2. The number of hydrogen-bond donors (Lipinski definition) is 1. The highest BCUT2D eigenvalue weighted by atomic mass is 16.6. The molecule has 0 atom stereocenters. The zero-order valence-corrected chi connectivity index (χ0v) is 17.0. The minimum Gasteiger partial charge on any atom is -0.465 e. The summed E-state index contributed by atoms with van der Waals surface area (Å²) in [6.07, 6.45) is 3.22. The van der Waals surface area contributed by atoms with Crippen molar-refractivity contribution < 1.29 is 23.7 Å². The summed E-state index contributed by atoms with van der Waals surface area (Å²) < 4.78 is 12.2. The van der Waals surface area contributed by atoms with Gasteiger partial charge >= 0.3 is 11.9 Å². The lowest BCUT2D eigenvalue weighted by Gasteiger charge is -2.04. The van der Waals surface area contributed by atoms with Crippen LogP contribution in [0.25, 0.3) is 21.9 Å². The number of nitro groups is 1. The van der Waals surface area contributed by atoms with Gasteiger partial charge in [-0.2, -0.15) is 5.10 Å². The van der Waals surface area contributed by atoms with Crippen molar-refractivity contribution in [1.82, 2.24) is 9.99 Å². The molecule has 0 saturated heterocycles. The number of hydrogen-bond acceptors (Lipinski definition) is 7. The molecule has 4 aromatic rings. The normalized spacial score (nSPS) is 11.3. The molecule has 10 nitrogen and oxygen atoms in total. The smallest absolute Gasteiger partial charge is 0.325 e. The molecule has 0 radical (unpaired) electrons. The minimum absolute atomic E-state index is 0.0256. The van der Waals surface area contributed by atoms with Gasteiger partial charge < -0.3 is 13.7 Å². The van der Waals surface area contributed by atoms with Crippen molar-refractivity contribution in [3.05, 3.63) is 76.2 Å². The summed E-state index contributed by atoms with van der Waals surface area (Å²) in [4.78, 5) is 34.6. The van der Waals surface area contributed by atoms with Crippen LogP contribution in [0.2, 0.25) is 0 Å². The molecule has 2 heterocycles. The summed E-state index contributed by atoms with van der Waals surface area (Å²) in [5.41, 5.74) is 4.17. The van der Waals surface area contributed by atoms with Gasteiger partial charge in [-0.3, -0.25) is 19.7 Å². The zero-order valence-electron chi connectivity index (χ0n) is 17.0. The van der Waals surface area contributed by atoms with E-state index in [2.05, 4.69) is 10.5 Å². The molecule has 4 rings (SSSR count). The summed E-state index contributed by atoms with van der Waals surface area (Å²) >= 11 is 0. The van der Waals surface area contributed by atoms with Crippen LogP contribution in [-0.2, 0) is 16.1 Å². The first kappa shape index (κ1) is 20.8. The Bertz CT molecular complexity index is 1370. The van der Waals surface area contributed by atoms with Gasteiger partial charge in [-0.25, -0.2) is 5.43 Å². The number of nitrogens with zero attached hydrogens (tertiary/aromatic N) is 3. The Labute approximate surface area is 181 Å². The van der Waals surface area contributed by atoms with Crippen molar-refractivity contribution in [2.75, 3.05) is 6.61 Å². The number of para-hydroxylation sites is 1. The van der Waals surface area contributed by atoms with E-state index in [1.807, 2.05) is 24.3 Å². The quantitative estimate of drug-likeness (QED) is 0.205. The molecule has 0 saturated carbocycles. The molecule has 162 valence electrons. The van der Waals surface area contributed by atoms with Crippen LogP contribution < -0.4 is 5.43 Å². The number of nitro benzene ring substituents is 1. The van der Waals surface area contributed by atoms with Crippen LogP contribution in [0.4, 0.5) is 5.69 Å². The Morgan fingerprint density at radius 2 is 2.06 bits per heavy atom. The molecule has 2 aromatic carbocycles. The average molecular weight is 434 g/mol. The molecule has 10 heteroatoms. The molecule has 32 heavy (non-hydrogen) atoms. The van der Waals surface area contributed by atoms with Crippen molar-refractivity contribution in [3.8, 4) is 0 Å². The van der Waals surface area contributed by atoms with Gasteiger partial charge in [0.15, 0.2) is 5.76 Å². The highest BCUT2D eigenvalue weighted by Crippen LogP contribution is 2.24.